The third-order valence-electron chi connectivity index (χ3n) is 2.83. The number of rotatable bonds is 6. The van der Waals surface area contributed by atoms with Gasteiger partial charge in [0.2, 0.25) is 5.91 Å². The zero-order valence-electron chi connectivity index (χ0n) is 11.3. The summed E-state index contributed by atoms with van der Waals surface area (Å²) >= 11 is 0. The fourth-order valence-corrected chi connectivity index (χ4v) is 1.85. The largest absolute Gasteiger partial charge is 0.382 e. The lowest BCUT2D eigenvalue weighted by molar-refractivity contribution is -0.115. The summed E-state index contributed by atoms with van der Waals surface area (Å²) in [5.74, 6) is -0.0111. The second kappa shape index (κ2) is 7.14. The predicted octanol–water partition coefficient (Wildman–Crippen LogP) is 3.47. The van der Waals surface area contributed by atoms with E-state index in [2.05, 4.69) is 17.2 Å². The SMILES string of the molecule is C=CCNc1ccc(NC(=O)Cc2ccccc2)cc1. The standard InChI is InChI=1S/C17H18N2O/c1-2-12-18-15-8-10-16(11-9-15)19-17(20)13-14-6-4-3-5-7-14/h2-11,18H,1,12-13H2,(H,19,20). The number of carbonyl (C=O) groups excluding carboxylic acids is 1. The van der Waals surface area contributed by atoms with E-state index >= 15 is 0 Å². The predicted molar refractivity (Wildman–Crippen MR) is 83.9 cm³/mol. The molecule has 2 aromatic rings. The Balaban J connectivity index is 1.89. The summed E-state index contributed by atoms with van der Waals surface area (Å²) in [4.78, 5) is 11.9. The van der Waals surface area contributed by atoms with Crippen LogP contribution < -0.4 is 10.6 Å². The summed E-state index contributed by atoms with van der Waals surface area (Å²) in [6.07, 6.45) is 2.19. The van der Waals surface area contributed by atoms with E-state index in [4.69, 9.17) is 0 Å². The van der Waals surface area contributed by atoms with Crippen LogP contribution in [-0.2, 0) is 11.2 Å². The Morgan fingerprint density at radius 2 is 1.65 bits per heavy atom. The minimum Gasteiger partial charge on any atom is -0.382 e. The smallest absolute Gasteiger partial charge is 0.228 e. The van der Waals surface area contributed by atoms with Gasteiger partial charge in [-0.1, -0.05) is 36.4 Å². The van der Waals surface area contributed by atoms with Gasteiger partial charge in [-0.2, -0.15) is 0 Å². The molecule has 0 atom stereocenters. The van der Waals surface area contributed by atoms with Crippen LogP contribution in [0.4, 0.5) is 11.4 Å². The molecule has 3 heteroatoms. The van der Waals surface area contributed by atoms with Crippen LogP contribution in [0.2, 0.25) is 0 Å². The van der Waals surface area contributed by atoms with Gasteiger partial charge < -0.3 is 10.6 Å². The molecule has 2 aromatic carbocycles. The number of amides is 1. The van der Waals surface area contributed by atoms with E-state index in [9.17, 15) is 4.79 Å². The minimum atomic E-state index is -0.0111. The van der Waals surface area contributed by atoms with Crippen LogP contribution in [-0.4, -0.2) is 12.5 Å². The first-order chi connectivity index (χ1) is 9.78. The monoisotopic (exact) mass is 266 g/mol. The number of hydrogen-bond acceptors (Lipinski definition) is 2. The van der Waals surface area contributed by atoms with E-state index in [0.717, 1.165) is 23.5 Å². The second-order valence-corrected chi connectivity index (χ2v) is 4.46. The summed E-state index contributed by atoms with van der Waals surface area (Å²) in [5, 5.41) is 6.07. The van der Waals surface area contributed by atoms with Crippen LogP contribution in [0.1, 0.15) is 5.56 Å². The van der Waals surface area contributed by atoms with Gasteiger partial charge in [-0.25, -0.2) is 0 Å². The Kier molecular flexibility index (Phi) is 4.95. The first-order valence-corrected chi connectivity index (χ1v) is 6.56. The van der Waals surface area contributed by atoms with Gasteiger partial charge in [0.1, 0.15) is 0 Å². The van der Waals surface area contributed by atoms with Gasteiger partial charge in [0.15, 0.2) is 0 Å². The van der Waals surface area contributed by atoms with Crippen molar-refractivity contribution in [3.8, 4) is 0 Å². The zero-order chi connectivity index (χ0) is 14.2. The quantitative estimate of drug-likeness (QED) is 0.786. The molecule has 20 heavy (non-hydrogen) atoms. The van der Waals surface area contributed by atoms with Crippen LogP contribution in [0.5, 0.6) is 0 Å². The Bertz CT molecular complexity index is 561. The highest BCUT2D eigenvalue weighted by Gasteiger charge is 2.03. The van der Waals surface area contributed by atoms with Crippen molar-refractivity contribution >= 4 is 17.3 Å². The second-order valence-electron chi connectivity index (χ2n) is 4.46. The average Bonchev–Trinajstić information content (AvgIpc) is 2.47. The maximum Gasteiger partial charge on any atom is 0.228 e. The third kappa shape index (κ3) is 4.28. The highest BCUT2D eigenvalue weighted by Crippen LogP contribution is 2.13. The number of carbonyl (C=O) groups is 1. The Morgan fingerprint density at radius 1 is 1.00 bits per heavy atom. The van der Waals surface area contributed by atoms with Crippen molar-refractivity contribution in [1.29, 1.82) is 0 Å². The van der Waals surface area contributed by atoms with E-state index in [-0.39, 0.29) is 5.91 Å². The van der Waals surface area contributed by atoms with E-state index in [1.807, 2.05) is 54.6 Å². The molecule has 0 aliphatic heterocycles. The summed E-state index contributed by atoms with van der Waals surface area (Å²) in [7, 11) is 0. The van der Waals surface area contributed by atoms with Crippen molar-refractivity contribution in [2.24, 2.45) is 0 Å². The van der Waals surface area contributed by atoms with Gasteiger partial charge >= 0.3 is 0 Å². The zero-order valence-corrected chi connectivity index (χ0v) is 11.3. The van der Waals surface area contributed by atoms with Crippen molar-refractivity contribution in [3.05, 3.63) is 72.8 Å². The first-order valence-electron chi connectivity index (χ1n) is 6.56. The van der Waals surface area contributed by atoms with Crippen LogP contribution in [0.3, 0.4) is 0 Å². The van der Waals surface area contributed by atoms with Crippen LogP contribution in [0.25, 0.3) is 0 Å². The molecule has 0 heterocycles. The Labute approximate surface area is 119 Å². The first kappa shape index (κ1) is 13.9. The molecule has 0 saturated heterocycles. The normalized spacial score (nSPS) is 9.80. The molecule has 0 spiro atoms. The Hall–Kier alpha value is -2.55. The topological polar surface area (TPSA) is 41.1 Å². The summed E-state index contributed by atoms with van der Waals surface area (Å²) in [6, 6.07) is 17.3. The van der Waals surface area contributed by atoms with Gasteiger partial charge in [-0.05, 0) is 29.8 Å². The van der Waals surface area contributed by atoms with Crippen molar-refractivity contribution in [3.63, 3.8) is 0 Å². The highest BCUT2D eigenvalue weighted by atomic mass is 16.1. The summed E-state index contributed by atoms with van der Waals surface area (Å²) in [6.45, 7) is 4.37. The lowest BCUT2D eigenvalue weighted by Crippen LogP contribution is -2.14. The van der Waals surface area contributed by atoms with Gasteiger partial charge in [-0.15, -0.1) is 6.58 Å². The van der Waals surface area contributed by atoms with Crippen molar-refractivity contribution in [1.82, 2.24) is 0 Å². The maximum atomic E-state index is 11.9. The van der Waals surface area contributed by atoms with Gasteiger partial charge in [0.25, 0.3) is 0 Å². The molecule has 2 N–H and O–H groups in total. The number of anilines is 2. The van der Waals surface area contributed by atoms with Crippen molar-refractivity contribution in [2.75, 3.05) is 17.2 Å². The van der Waals surface area contributed by atoms with Crippen LogP contribution in [0.15, 0.2) is 67.3 Å². The van der Waals surface area contributed by atoms with E-state index in [0.29, 0.717) is 6.42 Å². The summed E-state index contributed by atoms with van der Waals surface area (Å²) < 4.78 is 0. The average molecular weight is 266 g/mol. The van der Waals surface area contributed by atoms with E-state index in [1.54, 1.807) is 6.08 Å². The molecule has 0 fully saturated rings. The molecule has 0 aliphatic carbocycles. The molecule has 0 bridgehead atoms. The molecule has 0 aromatic heterocycles. The third-order valence-corrected chi connectivity index (χ3v) is 2.83. The van der Waals surface area contributed by atoms with Crippen molar-refractivity contribution in [2.45, 2.75) is 6.42 Å². The molecular formula is C17H18N2O. The molecule has 0 unspecified atom stereocenters. The fraction of sp³-hybridized carbons (Fsp3) is 0.118. The molecule has 2 rings (SSSR count). The molecule has 3 nitrogen and oxygen atoms in total. The summed E-state index contributed by atoms with van der Waals surface area (Å²) in [5.41, 5.74) is 2.82. The molecule has 102 valence electrons. The lowest BCUT2D eigenvalue weighted by atomic mass is 10.1. The molecule has 0 saturated carbocycles. The molecule has 0 radical (unpaired) electrons. The van der Waals surface area contributed by atoms with Gasteiger partial charge in [0, 0.05) is 17.9 Å². The van der Waals surface area contributed by atoms with Crippen LogP contribution >= 0.6 is 0 Å². The highest BCUT2D eigenvalue weighted by molar-refractivity contribution is 5.92. The van der Waals surface area contributed by atoms with Gasteiger partial charge in [0.05, 0.1) is 6.42 Å². The van der Waals surface area contributed by atoms with E-state index in [1.165, 1.54) is 0 Å². The van der Waals surface area contributed by atoms with Gasteiger partial charge in [-0.3, -0.25) is 4.79 Å². The van der Waals surface area contributed by atoms with Crippen LogP contribution in [0, 0.1) is 0 Å². The Morgan fingerprint density at radius 3 is 2.30 bits per heavy atom. The maximum absolute atomic E-state index is 11.9. The minimum absolute atomic E-state index is 0.0111. The lowest BCUT2D eigenvalue weighted by Gasteiger charge is -2.07. The number of hydrogen-bond donors (Lipinski definition) is 2. The fourth-order valence-electron chi connectivity index (χ4n) is 1.85. The molecular weight excluding hydrogens is 248 g/mol. The van der Waals surface area contributed by atoms with E-state index < -0.39 is 0 Å². The molecule has 0 aliphatic rings. The number of nitrogens with one attached hydrogen (secondary N) is 2. The van der Waals surface area contributed by atoms with Crippen molar-refractivity contribution < 1.29 is 4.79 Å². The molecule has 1 amide bonds. The number of benzene rings is 2.